The topological polar surface area (TPSA) is 69.7 Å². The Balaban J connectivity index is 1.60. The van der Waals surface area contributed by atoms with Crippen LogP contribution < -0.4 is 10.2 Å². The first-order valence-electron chi connectivity index (χ1n) is 10.4. The predicted octanol–water partition coefficient (Wildman–Crippen LogP) is 3.73. The number of carbonyl (C=O) groups is 3. The zero-order valence-electron chi connectivity index (χ0n) is 16.7. The maximum atomic E-state index is 13.9. The van der Waals surface area contributed by atoms with Gasteiger partial charge in [-0.1, -0.05) is 41.4 Å². The van der Waals surface area contributed by atoms with E-state index in [1.807, 2.05) is 13.0 Å². The van der Waals surface area contributed by atoms with E-state index in [-0.39, 0.29) is 23.8 Å². The van der Waals surface area contributed by atoms with Crippen molar-refractivity contribution in [2.45, 2.75) is 31.3 Å². The molecule has 3 amide bonds. The van der Waals surface area contributed by atoms with E-state index < -0.39 is 17.4 Å². The number of imide groups is 1. The van der Waals surface area contributed by atoms with E-state index >= 15 is 0 Å². The lowest BCUT2D eigenvalue weighted by Gasteiger charge is -2.36. The Labute approximate surface area is 189 Å². The van der Waals surface area contributed by atoms with Crippen molar-refractivity contribution in [3.8, 4) is 0 Å². The number of carbonyl (C=O) groups excluding carboxylic acids is 3. The summed E-state index contributed by atoms with van der Waals surface area (Å²) in [6, 6.07) is 10.4. The number of anilines is 2. The van der Waals surface area contributed by atoms with E-state index in [2.05, 4.69) is 10.2 Å². The number of rotatable bonds is 1. The fourth-order valence-corrected chi connectivity index (χ4v) is 6.81. The van der Waals surface area contributed by atoms with Crippen LogP contribution in [0.15, 0.2) is 36.4 Å². The molecule has 6 nitrogen and oxygen atoms in total. The smallest absolute Gasteiger partial charge is 0.250 e. The molecule has 0 aromatic heterocycles. The van der Waals surface area contributed by atoms with Gasteiger partial charge in [0.1, 0.15) is 5.54 Å². The molecule has 3 fully saturated rings. The molecule has 2 aromatic carbocycles. The van der Waals surface area contributed by atoms with Crippen LogP contribution in [0.3, 0.4) is 0 Å². The fourth-order valence-electron chi connectivity index (χ4n) is 6.27. The molecule has 4 aliphatic rings. The average molecular weight is 456 g/mol. The Bertz CT molecular complexity index is 1200. The zero-order valence-corrected chi connectivity index (χ0v) is 18.2. The van der Waals surface area contributed by atoms with Gasteiger partial charge in [0.05, 0.1) is 33.3 Å². The second-order valence-corrected chi connectivity index (χ2v) is 9.57. The summed E-state index contributed by atoms with van der Waals surface area (Å²) in [5, 5.41) is 3.71. The molecular weight excluding hydrogens is 437 g/mol. The molecule has 0 bridgehead atoms. The standard InChI is InChI=1S/C23H19Cl2N3O3/c1-11-9-12-19(14(25)10-11)26-22(31)23(12)18-17(16-7-4-8-27(16)23)20(29)28(21(18)30)15-6-3-2-5-13(15)24/h2-3,5-6,9-10,16-18H,4,7-8H2,1H3,(H,26,31)/t16-,17-,18-,23+/m0/s1. The Hall–Kier alpha value is -2.41. The highest BCUT2D eigenvalue weighted by Crippen LogP contribution is 2.61. The summed E-state index contributed by atoms with van der Waals surface area (Å²) in [6.45, 7) is 2.57. The summed E-state index contributed by atoms with van der Waals surface area (Å²) >= 11 is 12.8. The highest BCUT2D eigenvalue weighted by molar-refractivity contribution is 6.37. The van der Waals surface area contributed by atoms with Gasteiger partial charge in [-0.25, -0.2) is 4.90 Å². The SMILES string of the molecule is Cc1cc(Cl)c2c(c1)[C@]1(C(=O)N2)[C@@H]2C(=O)N(c3ccccc3Cl)C(=O)[C@H]2[C@@H]2CCCN21. The second kappa shape index (κ2) is 6.31. The molecule has 0 unspecified atom stereocenters. The lowest BCUT2D eigenvalue weighted by molar-refractivity contribution is -0.135. The molecule has 2 aromatic rings. The molecule has 3 saturated heterocycles. The van der Waals surface area contributed by atoms with Gasteiger partial charge in [0.15, 0.2) is 0 Å². The lowest BCUT2D eigenvalue weighted by atomic mass is 9.75. The molecule has 0 saturated carbocycles. The molecule has 0 aliphatic carbocycles. The highest BCUT2D eigenvalue weighted by Gasteiger charge is 2.74. The fraction of sp³-hybridized carbons (Fsp3) is 0.348. The maximum Gasteiger partial charge on any atom is 0.250 e. The first-order valence-corrected chi connectivity index (χ1v) is 11.1. The highest BCUT2D eigenvalue weighted by atomic mass is 35.5. The largest absolute Gasteiger partial charge is 0.323 e. The molecular formula is C23H19Cl2N3O3. The van der Waals surface area contributed by atoms with Gasteiger partial charge in [-0.15, -0.1) is 0 Å². The predicted molar refractivity (Wildman–Crippen MR) is 117 cm³/mol. The first kappa shape index (κ1) is 19.3. The molecule has 4 atom stereocenters. The van der Waals surface area contributed by atoms with Gasteiger partial charge in [0.2, 0.25) is 11.8 Å². The average Bonchev–Trinajstić information content (AvgIpc) is 3.42. The van der Waals surface area contributed by atoms with E-state index in [1.165, 1.54) is 4.90 Å². The third kappa shape index (κ3) is 2.20. The monoisotopic (exact) mass is 455 g/mol. The number of halogens is 2. The van der Waals surface area contributed by atoms with Gasteiger partial charge < -0.3 is 5.32 Å². The molecule has 4 heterocycles. The molecule has 158 valence electrons. The van der Waals surface area contributed by atoms with Crippen molar-refractivity contribution >= 4 is 52.3 Å². The van der Waals surface area contributed by atoms with Crippen LogP contribution in [0.1, 0.15) is 24.0 Å². The van der Waals surface area contributed by atoms with E-state index in [4.69, 9.17) is 23.2 Å². The summed E-state index contributed by atoms with van der Waals surface area (Å²) in [5.74, 6) is -2.35. The number of hydrogen-bond donors (Lipinski definition) is 1. The normalized spacial score (nSPS) is 31.4. The van der Waals surface area contributed by atoms with Crippen molar-refractivity contribution in [3.63, 3.8) is 0 Å². The number of nitrogens with one attached hydrogen (secondary N) is 1. The van der Waals surface area contributed by atoms with Crippen LogP contribution in [0.2, 0.25) is 10.0 Å². The Morgan fingerprint density at radius 1 is 1.06 bits per heavy atom. The molecule has 31 heavy (non-hydrogen) atoms. The van der Waals surface area contributed by atoms with Crippen molar-refractivity contribution in [2.24, 2.45) is 11.8 Å². The number of benzene rings is 2. The van der Waals surface area contributed by atoms with Gasteiger partial charge >= 0.3 is 0 Å². The molecule has 1 spiro atoms. The van der Waals surface area contributed by atoms with Crippen molar-refractivity contribution in [1.82, 2.24) is 4.90 Å². The Morgan fingerprint density at radius 2 is 1.84 bits per heavy atom. The van der Waals surface area contributed by atoms with E-state index in [0.29, 0.717) is 33.5 Å². The minimum Gasteiger partial charge on any atom is -0.323 e. The lowest BCUT2D eigenvalue weighted by Crippen LogP contribution is -2.54. The van der Waals surface area contributed by atoms with Crippen LogP contribution in [-0.2, 0) is 19.9 Å². The van der Waals surface area contributed by atoms with Crippen LogP contribution in [0.4, 0.5) is 11.4 Å². The summed E-state index contributed by atoms with van der Waals surface area (Å²) in [5.41, 5.74) is 1.27. The molecule has 1 N–H and O–H groups in total. The number of aryl methyl sites for hydroxylation is 1. The summed E-state index contributed by atoms with van der Waals surface area (Å²) < 4.78 is 0. The third-order valence-corrected chi connectivity index (χ3v) is 7.91. The zero-order chi connectivity index (χ0) is 21.7. The van der Waals surface area contributed by atoms with Crippen LogP contribution in [0.25, 0.3) is 0 Å². The third-order valence-electron chi connectivity index (χ3n) is 7.29. The van der Waals surface area contributed by atoms with Gasteiger partial charge in [-0.3, -0.25) is 19.3 Å². The van der Waals surface area contributed by atoms with Crippen molar-refractivity contribution in [1.29, 1.82) is 0 Å². The number of amides is 3. The summed E-state index contributed by atoms with van der Waals surface area (Å²) in [4.78, 5) is 44.4. The molecule has 0 radical (unpaired) electrons. The van der Waals surface area contributed by atoms with Gasteiger partial charge in [0.25, 0.3) is 5.91 Å². The van der Waals surface area contributed by atoms with E-state index in [1.54, 1.807) is 30.3 Å². The van der Waals surface area contributed by atoms with E-state index in [0.717, 1.165) is 18.4 Å². The van der Waals surface area contributed by atoms with Crippen molar-refractivity contribution in [3.05, 3.63) is 57.6 Å². The number of fused-ring (bicyclic) bond motifs is 7. The van der Waals surface area contributed by atoms with Crippen LogP contribution in [0, 0.1) is 18.8 Å². The van der Waals surface area contributed by atoms with Crippen LogP contribution in [-0.4, -0.2) is 35.2 Å². The summed E-state index contributed by atoms with van der Waals surface area (Å²) in [7, 11) is 0. The quantitative estimate of drug-likeness (QED) is 0.665. The van der Waals surface area contributed by atoms with Gasteiger partial charge in [-0.2, -0.15) is 0 Å². The molecule has 4 aliphatic heterocycles. The minimum atomic E-state index is -1.24. The molecule has 8 heteroatoms. The second-order valence-electron chi connectivity index (χ2n) is 8.76. The molecule has 6 rings (SSSR count). The maximum absolute atomic E-state index is 13.9. The van der Waals surface area contributed by atoms with Crippen molar-refractivity contribution < 1.29 is 14.4 Å². The number of hydrogen-bond acceptors (Lipinski definition) is 4. The van der Waals surface area contributed by atoms with Crippen LogP contribution in [0.5, 0.6) is 0 Å². The minimum absolute atomic E-state index is 0.176. The Kier molecular flexibility index (Phi) is 3.93. The number of para-hydroxylation sites is 1. The summed E-state index contributed by atoms with van der Waals surface area (Å²) in [6.07, 6.45) is 1.63. The van der Waals surface area contributed by atoms with Gasteiger partial charge in [0, 0.05) is 11.6 Å². The van der Waals surface area contributed by atoms with E-state index in [9.17, 15) is 14.4 Å². The van der Waals surface area contributed by atoms with Gasteiger partial charge in [-0.05, 0) is 50.1 Å². The van der Waals surface area contributed by atoms with Crippen molar-refractivity contribution in [2.75, 3.05) is 16.8 Å². The first-order chi connectivity index (χ1) is 14.9. The Morgan fingerprint density at radius 3 is 2.61 bits per heavy atom. The van der Waals surface area contributed by atoms with Crippen LogP contribution >= 0.6 is 23.2 Å². The number of nitrogens with zero attached hydrogens (tertiary/aromatic N) is 2.